The van der Waals surface area contributed by atoms with Crippen LogP contribution in [-0.2, 0) is 20.0 Å². The summed E-state index contributed by atoms with van der Waals surface area (Å²) < 4.78 is 1.57. The van der Waals surface area contributed by atoms with Crippen LogP contribution >= 0.6 is 0 Å². The van der Waals surface area contributed by atoms with E-state index in [4.69, 9.17) is 0 Å². The lowest BCUT2D eigenvalue weighted by atomic mass is 10.1. The normalized spacial score (nSPS) is 10.3. The molecular formula is C15H18N2O. The van der Waals surface area contributed by atoms with Crippen molar-refractivity contribution < 1.29 is 0 Å². The maximum Gasteiger partial charge on any atom is 0.250 e. The van der Waals surface area contributed by atoms with Crippen molar-refractivity contribution in [1.82, 2.24) is 4.57 Å². The number of pyridine rings is 1. The summed E-state index contributed by atoms with van der Waals surface area (Å²) in [6.45, 7) is 2.92. The Bertz CT molecular complexity index is 570. The van der Waals surface area contributed by atoms with Gasteiger partial charge < -0.3 is 9.88 Å². The summed E-state index contributed by atoms with van der Waals surface area (Å²) in [6.07, 6.45) is 2.87. The number of nitrogens with one attached hydrogen (secondary N) is 1. The second-order valence-electron chi connectivity index (χ2n) is 4.39. The highest BCUT2D eigenvalue weighted by molar-refractivity contribution is 5.41. The van der Waals surface area contributed by atoms with Crippen molar-refractivity contribution in [3.63, 3.8) is 0 Å². The van der Waals surface area contributed by atoms with E-state index in [9.17, 15) is 4.79 Å². The lowest BCUT2D eigenvalue weighted by Gasteiger charge is -2.08. The Hall–Kier alpha value is -2.03. The van der Waals surface area contributed by atoms with E-state index in [1.54, 1.807) is 17.7 Å². The number of hydrogen-bond donors (Lipinski definition) is 1. The molecule has 2 rings (SSSR count). The molecule has 0 saturated carbocycles. The van der Waals surface area contributed by atoms with Crippen molar-refractivity contribution in [1.29, 1.82) is 0 Å². The third-order valence-electron chi connectivity index (χ3n) is 3.01. The van der Waals surface area contributed by atoms with E-state index in [2.05, 4.69) is 36.5 Å². The second kappa shape index (κ2) is 5.54. The van der Waals surface area contributed by atoms with Crippen LogP contribution in [0.25, 0.3) is 0 Å². The van der Waals surface area contributed by atoms with Gasteiger partial charge >= 0.3 is 0 Å². The molecule has 0 aliphatic rings. The van der Waals surface area contributed by atoms with E-state index < -0.39 is 0 Å². The molecule has 0 atom stereocenters. The molecule has 3 heteroatoms. The molecule has 1 N–H and O–H groups in total. The molecule has 1 aromatic heterocycles. The molecule has 94 valence electrons. The first kappa shape index (κ1) is 12.4. The fourth-order valence-electron chi connectivity index (χ4n) is 1.80. The standard InChI is InChI=1S/C15H18N2O/c1-3-12-4-6-13(7-5-12)10-16-14-8-9-15(18)17(2)11-14/h4-9,11,16H,3,10H2,1-2H3. The predicted octanol–water partition coefficient (Wildman–Crippen LogP) is 2.56. The van der Waals surface area contributed by atoms with Crippen LogP contribution in [0.3, 0.4) is 0 Å². The molecule has 3 nitrogen and oxygen atoms in total. The van der Waals surface area contributed by atoms with Crippen molar-refractivity contribution >= 4 is 5.69 Å². The van der Waals surface area contributed by atoms with Gasteiger partial charge in [-0.25, -0.2) is 0 Å². The van der Waals surface area contributed by atoms with Crippen LogP contribution < -0.4 is 10.9 Å². The van der Waals surface area contributed by atoms with E-state index in [0.717, 1.165) is 18.7 Å². The fourth-order valence-corrected chi connectivity index (χ4v) is 1.80. The fraction of sp³-hybridized carbons (Fsp3) is 0.267. The molecule has 2 aromatic rings. The molecule has 0 unspecified atom stereocenters. The Labute approximate surface area is 107 Å². The summed E-state index contributed by atoms with van der Waals surface area (Å²) in [7, 11) is 1.75. The van der Waals surface area contributed by atoms with Crippen molar-refractivity contribution in [2.45, 2.75) is 19.9 Å². The molecule has 1 aromatic carbocycles. The SMILES string of the molecule is CCc1ccc(CNc2ccc(=O)n(C)c2)cc1. The number of aryl methyl sites for hydroxylation is 2. The summed E-state index contributed by atoms with van der Waals surface area (Å²) in [5, 5.41) is 3.31. The molecule has 0 aliphatic carbocycles. The Morgan fingerprint density at radius 1 is 1.06 bits per heavy atom. The van der Waals surface area contributed by atoms with Gasteiger partial charge in [0.2, 0.25) is 5.56 Å². The first-order valence-electron chi connectivity index (χ1n) is 6.17. The summed E-state index contributed by atoms with van der Waals surface area (Å²) in [6, 6.07) is 11.9. The largest absolute Gasteiger partial charge is 0.380 e. The highest BCUT2D eigenvalue weighted by atomic mass is 16.1. The quantitative estimate of drug-likeness (QED) is 0.894. The van der Waals surface area contributed by atoms with Crippen LogP contribution in [0.4, 0.5) is 5.69 Å². The highest BCUT2D eigenvalue weighted by Crippen LogP contribution is 2.08. The second-order valence-corrected chi connectivity index (χ2v) is 4.39. The Morgan fingerprint density at radius 3 is 2.33 bits per heavy atom. The Morgan fingerprint density at radius 2 is 1.72 bits per heavy atom. The molecule has 0 amide bonds. The van der Waals surface area contributed by atoms with Crippen LogP contribution in [0.1, 0.15) is 18.1 Å². The van der Waals surface area contributed by atoms with E-state index in [1.165, 1.54) is 11.1 Å². The van der Waals surface area contributed by atoms with Crippen molar-refractivity contribution in [3.8, 4) is 0 Å². The van der Waals surface area contributed by atoms with Crippen LogP contribution in [-0.4, -0.2) is 4.57 Å². The van der Waals surface area contributed by atoms with Gasteiger partial charge in [-0.15, -0.1) is 0 Å². The molecule has 0 spiro atoms. The highest BCUT2D eigenvalue weighted by Gasteiger charge is 1.96. The number of anilines is 1. The third kappa shape index (κ3) is 3.00. The van der Waals surface area contributed by atoms with E-state index in [-0.39, 0.29) is 5.56 Å². The maximum absolute atomic E-state index is 11.3. The summed E-state index contributed by atoms with van der Waals surface area (Å²) in [5.74, 6) is 0. The molecule has 0 bridgehead atoms. The van der Waals surface area contributed by atoms with E-state index in [1.807, 2.05) is 12.3 Å². The average molecular weight is 242 g/mol. The van der Waals surface area contributed by atoms with Crippen LogP contribution in [0, 0.1) is 0 Å². The van der Waals surface area contributed by atoms with Gasteiger partial charge in [-0.3, -0.25) is 4.79 Å². The number of nitrogens with zero attached hydrogens (tertiary/aromatic N) is 1. The lowest BCUT2D eigenvalue weighted by Crippen LogP contribution is -2.15. The number of rotatable bonds is 4. The minimum Gasteiger partial charge on any atom is -0.380 e. The molecular weight excluding hydrogens is 224 g/mol. The zero-order valence-electron chi connectivity index (χ0n) is 10.8. The van der Waals surface area contributed by atoms with Gasteiger partial charge in [0.1, 0.15) is 0 Å². The topological polar surface area (TPSA) is 34.0 Å². The summed E-state index contributed by atoms with van der Waals surface area (Å²) >= 11 is 0. The smallest absolute Gasteiger partial charge is 0.250 e. The van der Waals surface area contributed by atoms with E-state index >= 15 is 0 Å². The zero-order valence-corrected chi connectivity index (χ0v) is 10.8. The van der Waals surface area contributed by atoms with Crippen LogP contribution in [0.2, 0.25) is 0 Å². The maximum atomic E-state index is 11.3. The minimum atomic E-state index is 0.00727. The molecule has 0 aliphatic heterocycles. The van der Waals surface area contributed by atoms with E-state index in [0.29, 0.717) is 0 Å². The predicted molar refractivity (Wildman–Crippen MR) is 74.8 cm³/mol. The van der Waals surface area contributed by atoms with Crippen molar-refractivity contribution in [2.24, 2.45) is 7.05 Å². The van der Waals surface area contributed by atoms with Gasteiger partial charge in [0.25, 0.3) is 0 Å². The van der Waals surface area contributed by atoms with Crippen molar-refractivity contribution in [2.75, 3.05) is 5.32 Å². The Kier molecular flexibility index (Phi) is 3.82. The number of aromatic nitrogens is 1. The number of benzene rings is 1. The van der Waals surface area contributed by atoms with Gasteiger partial charge in [0.05, 0.1) is 5.69 Å². The Balaban J connectivity index is 2.01. The van der Waals surface area contributed by atoms with Gasteiger partial charge in [0.15, 0.2) is 0 Å². The number of hydrogen-bond acceptors (Lipinski definition) is 2. The molecule has 0 radical (unpaired) electrons. The zero-order chi connectivity index (χ0) is 13.0. The lowest BCUT2D eigenvalue weighted by molar-refractivity contribution is 0.859. The molecule has 1 heterocycles. The van der Waals surface area contributed by atoms with Crippen LogP contribution in [0.15, 0.2) is 47.4 Å². The van der Waals surface area contributed by atoms with Crippen molar-refractivity contribution in [3.05, 3.63) is 64.1 Å². The third-order valence-corrected chi connectivity index (χ3v) is 3.01. The summed E-state index contributed by atoms with van der Waals surface area (Å²) in [4.78, 5) is 11.3. The van der Waals surface area contributed by atoms with Gasteiger partial charge in [-0.1, -0.05) is 31.2 Å². The molecule has 0 fully saturated rings. The van der Waals surface area contributed by atoms with Crippen LogP contribution in [0.5, 0.6) is 0 Å². The van der Waals surface area contributed by atoms with Gasteiger partial charge in [0, 0.05) is 25.9 Å². The molecule has 0 saturated heterocycles. The minimum absolute atomic E-state index is 0.00727. The average Bonchev–Trinajstić information content (AvgIpc) is 2.41. The summed E-state index contributed by atoms with van der Waals surface area (Å²) in [5.41, 5.74) is 3.55. The monoisotopic (exact) mass is 242 g/mol. The first-order valence-corrected chi connectivity index (χ1v) is 6.17. The van der Waals surface area contributed by atoms with Gasteiger partial charge in [-0.05, 0) is 23.6 Å². The van der Waals surface area contributed by atoms with Gasteiger partial charge in [-0.2, -0.15) is 0 Å². The molecule has 18 heavy (non-hydrogen) atoms. The first-order chi connectivity index (χ1) is 8.69.